The number of nitrogens with one attached hydrogen (secondary N) is 1. The van der Waals surface area contributed by atoms with E-state index in [1.807, 2.05) is 31.2 Å². The monoisotopic (exact) mass is 509 g/mol. The second-order valence-corrected chi connectivity index (χ2v) is 9.95. The third-order valence-electron chi connectivity index (χ3n) is 7.59. The standard InChI is InChI=1S/C28H32FN3O5/c1-19-6-2-3-10-23(19)27(35)31-13-11-28(12-14-31)32(26(34)20-7-4-8-21(29)16-20)24(18-37-28)25(33)30-17-22-9-5-15-36-22/h2-4,6-8,10,16,22,24H,5,9,11-15,17-18H2,1H3,(H,30,33). The van der Waals surface area contributed by atoms with Crippen molar-refractivity contribution in [3.63, 3.8) is 0 Å². The summed E-state index contributed by atoms with van der Waals surface area (Å²) < 4.78 is 25.8. The number of carbonyl (C=O) groups excluding carboxylic acids is 3. The molecule has 0 saturated carbocycles. The first-order valence-corrected chi connectivity index (χ1v) is 12.9. The second-order valence-electron chi connectivity index (χ2n) is 9.95. The van der Waals surface area contributed by atoms with Crippen molar-refractivity contribution in [1.29, 1.82) is 0 Å². The number of hydrogen-bond acceptors (Lipinski definition) is 5. The number of hydrogen-bond donors (Lipinski definition) is 1. The van der Waals surface area contributed by atoms with E-state index in [1.165, 1.54) is 29.2 Å². The van der Waals surface area contributed by atoms with Crippen LogP contribution in [0.25, 0.3) is 0 Å². The minimum Gasteiger partial charge on any atom is -0.376 e. The largest absolute Gasteiger partial charge is 0.376 e. The van der Waals surface area contributed by atoms with E-state index in [9.17, 15) is 18.8 Å². The Hall–Kier alpha value is -3.30. The predicted molar refractivity (Wildman–Crippen MR) is 133 cm³/mol. The molecule has 5 rings (SSSR count). The number of nitrogens with zero attached hydrogens (tertiary/aromatic N) is 2. The van der Waals surface area contributed by atoms with Gasteiger partial charge < -0.3 is 19.7 Å². The minimum absolute atomic E-state index is 0.0319. The predicted octanol–water partition coefficient (Wildman–Crippen LogP) is 2.90. The van der Waals surface area contributed by atoms with Gasteiger partial charge in [-0.05, 0) is 49.6 Å². The number of halogens is 1. The SMILES string of the molecule is Cc1ccccc1C(=O)N1CCC2(CC1)OCC(C(=O)NCC1CCCO1)N2C(=O)c1cccc(F)c1. The second kappa shape index (κ2) is 10.6. The van der Waals surface area contributed by atoms with Crippen molar-refractivity contribution in [1.82, 2.24) is 15.1 Å². The van der Waals surface area contributed by atoms with Gasteiger partial charge in [0.25, 0.3) is 11.8 Å². The molecule has 1 spiro atoms. The van der Waals surface area contributed by atoms with Gasteiger partial charge in [-0.15, -0.1) is 0 Å². The lowest BCUT2D eigenvalue weighted by Gasteiger charge is -2.44. The Morgan fingerprint density at radius 1 is 1.08 bits per heavy atom. The molecule has 3 aliphatic rings. The lowest BCUT2D eigenvalue weighted by atomic mass is 9.95. The Morgan fingerprint density at radius 3 is 2.57 bits per heavy atom. The number of aryl methyl sites for hydroxylation is 1. The Balaban J connectivity index is 1.36. The molecule has 2 aromatic carbocycles. The van der Waals surface area contributed by atoms with Gasteiger partial charge in [0, 0.05) is 50.2 Å². The molecule has 3 fully saturated rings. The number of carbonyl (C=O) groups is 3. The van der Waals surface area contributed by atoms with Crippen molar-refractivity contribution in [2.45, 2.75) is 50.5 Å². The third kappa shape index (κ3) is 5.10. The maximum Gasteiger partial charge on any atom is 0.256 e. The molecule has 3 aliphatic heterocycles. The van der Waals surface area contributed by atoms with Crippen LogP contribution in [0.1, 0.15) is 52.0 Å². The summed E-state index contributed by atoms with van der Waals surface area (Å²) in [4.78, 5) is 43.4. The van der Waals surface area contributed by atoms with Crippen LogP contribution in [0.3, 0.4) is 0 Å². The molecule has 0 bridgehead atoms. The quantitative estimate of drug-likeness (QED) is 0.670. The maximum atomic E-state index is 14.0. The van der Waals surface area contributed by atoms with Crippen molar-refractivity contribution in [2.75, 3.05) is 32.8 Å². The Kier molecular flexibility index (Phi) is 7.26. The van der Waals surface area contributed by atoms with Crippen molar-refractivity contribution in [2.24, 2.45) is 0 Å². The summed E-state index contributed by atoms with van der Waals surface area (Å²) in [6.07, 6.45) is 2.49. The topological polar surface area (TPSA) is 88.2 Å². The van der Waals surface area contributed by atoms with Crippen LogP contribution in [0.5, 0.6) is 0 Å². The van der Waals surface area contributed by atoms with Gasteiger partial charge >= 0.3 is 0 Å². The van der Waals surface area contributed by atoms with E-state index in [-0.39, 0.29) is 30.1 Å². The summed E-state index contributed by atoms with van der Waals surface area (Å²) in [6, 6.07) is 12.0. The zero-order valence-corrected chi connectivity index (χ0v) is 21.0. The van der Waals surface area contributed by atoms with Crippen LogP contribution in [-0.4, -0.2) is 78.2 Å². The van der Waals surface area contributed by atoms with Gasteiger partial charge in [-0.3, -0.25) is 19.3 Å². The fourth-order valence-electron chi connectivity index (χ4n) is 5.51. The van der Waals surface area contributed by atoms with Crippen LogP contribution in [-0.2, 0) is 14.3 Å². The number of piperidine rings is 1. The fourth-order valence-corrected chi connectivity index (χ4v) is 5.51. The van der Waals surface area contributed by atoms with Crippen LogP contribution in [0.2, 0.25) is 0 Å². The molecule has 2 atom stereocenters. The van der Waals surface area contributed by atoms with Crippen LogP contribution < -0.4 is 5.32 Å². The zero-order valence-electron chi connectivity index (χ0n) is 21.0. The molecule has 1 N–H and O–H groups in total. The number of amides is 3. The third-order valence-corrected chi connectivity index (χ3v) is 7.59. The molecule has 3 saturated heterocycles. The van der Waals surface area contributed by atoms with E-state index in [1.54, 1.807) is 4.90 Å². The van der Waals surface area contributed by atoms with Gasteiger partial charge in [-0.25, -0.2) is 4.39 Å². The van der Waals surface area contributed by atoms with Gasteiger partial charge in [-0.1, -0.05) is 24.3 Å². The van der Waals surface area contributed by atoms with Crippen molar-refractivity contribution in [3.05, 3.63) is 71.0 Å². The van der Waals surface area contributed by atoms with E-state index >= 15 is 0 Å². The van der Waals surface area contributed by atoms with Gasteiger partial charge in [0.15, 0.2) is 0 Å². The van der Waals surface area contributed by atoms with Crippen molar-refractivity contribution >= 4 is 17.7 Å². The Labute approximate surface area is 215 Å². The molecule has 8 nitrogen and oxygen atoms in total. The average molecular weight is 510 g/mol. The van der Waals surface area contributed by atoms with Crippen molar-refractivity contribution < 1.29 is 28.2 Å². The average Bonchev–Trinajstić information content (AvgIpc) is 3.56. The summed E-state index contributed by atoms with van der Waals surface area (Å²) in [6.45, 7) is 3.71. The highest BCUT2D eigenvalue weighted by Gasteiger charge is 2.54. The lowest BCUT2D eigenvalue weighted by molar-refractivity contribution is -0.128. The molecule has 0 radical (unpaired) electrons. The van der Waals surface area contributed by atoms with Crippen molar-refractivity contribution in [3.8, 4) is 0 Å². The normalized spacial score (nSPS) is 22.9. The molecule has 9 heteroatoms. The first-order valence-electron chi connectivity index (χ1n) is 12.9. The van der Waals surface area contributed by atoms with Gasteiger partial charge in [-0.2, -0.15) is 0 Å². The highest BCUT2D eigenvalue weighted by Crippen LogP contribution is 2.39. The minimum atomic E-state index is -1.06. The van der Waals surface area contributed by atoms with E-state index in [4.69, 9.17) is 9.47 Å². The Bertz CT molecular complexity index is 1170. The molecule has 3 heterocycles. The number of ether oxygens (including phenoxy) is 2. The number of likely N-dealkylation sites (tertiary alicyclic amines) is 1. The summed E-state index contributed by atoms with van der Waals surface area (Å²) in [5.74, 6) is -1.39. The summed E-state index contributed by atoms with van der Waals surface area (Å²) in [7, 11) is 0. The molecule has 2 unspecified atom stereocenters. The fraction of sp³-hybridized carbons (Fsp3) is 0.464. The molecule has 3 amide bonds. The molecular formula is C28H32FN3O5. The van der Waals surface area contributed by atoms with Crippen LogP contribution in [0.15, 0.2) is 48.5 Å². The lowest BCUT2D eigenvalue weighted by Crippen LogP contribution is -2.60. The van der Waals surface area contributed by atoms with Crippen LogP contribution in [0.4, 0.5) is 4.39 Å². The molecule has 2 aromatic rings. The first kappa shape index (κ1) is 25.4. The first-order chi connectivity index (χ1) is 17.9. The van der Waals surface area contributed by atoms with Gasteiger partial charge in [0.1, 0.15) is 17.6 Å². The zero-order chi connectivity index (χ0) is 26.0. The maximum absolute atomic E-state index is 14.0. The highest BCUT2D eigenvalue weighted by molar-refractivity contribution is 5.99. The molecular weight excluding hydrogens is 477 g/mol. The summed E-state index contributed by atoms with van der Waals surface area (Å²) >= 11 is 0. The van der Waals surface area contributed by atoms with E-state index in [0.29, 0.717) is 44.6 Å². The molecule has 37 heavy (non-hydrogen) atoms. The van der Waals surface area contributed by atoms with E-state index in [2.05, 4.69) is 5.32 Å². The molecule has 0 aromatic heterocycles. The van der Waals surface area contributed by atoms with E-state index in [0.717, 1.165) is 18.4 Å². The van der Waals surface area contributed by atoms with E-state index < -0.39 is 23.5 Å². The van der Waals surface area contributed by atoms with Crippen LogP contribution >= 0.6 is 0 Å². The number of benzene rings is 2. The van der Waals surface area contributed by atoms with Gasteiger partial charge in [0.05, 0.1) is 12.7 Å². The summed E-state index contributed by atoms with van der Waals surface area (Å²) in [5, 5.41) is 2.91. The summed E-state index contributed by atoms with van der Waals surface area (Å²) in [5.41, 5.74) is 0.637. The van der Waals surface area contributed by atoms with Crippen LogP contribution in [0, 0.1) is 12.7 Å². The molecule has 0 aliphatic carbocycles. The molecule has 196 valence electrons. The number of rotatable bonds is 5. The van der Waals surface area contributed by atoms with Gasteiger partial charge in [0.2, 0.25) is 5.91 Å². The Morgan fingerprint density at radius 2 is 1.86 bits per heavy atom. The smallest absolute Gasteiger partial charge is 0.256 e. The highest BCUT2D eigenvalue weighted by atomic mass is 19.1.